The Bertz CT molecular complexity index is 486. The fourth-order valence-corrected chi connectivity index (χ4v) is 2.10. The predicted octanol–water partition coefficient (Wildman–Crippen LogP) is -0.585. The number of piperazine rings is 1. The average molecular weight is 278 g/mol. The smallest absolute Gasteiger partial charge is 0.338 e. The van der Waals surface area contributed by atoms with Crippen molar-refractivity contribution < 1.29 is 14.7 Å². The Labute approximate surface area is 117 Å². The van der Waals surface area contributed by atoms with Crippen molar-refractivity contribution in [3.05, 3.63) is 29.6 Å². The van der Waals surface area contributed by atoms with E-state index in [1.54, 1.807) is 0 Å². The van der Waals surface area contributed by atoms with E-state index in [1.165, 1.54) is 18.3 Å². The van der Waals surface area contributed by atoms with Gasteiger partial charge < -0.3 is 15.7 Å². The molecule has 0 bridgehead atoms. The second-order valence-electron chi connectivity index (χ2n) is 4.55. The summed E-state index contributed by atoms with van der Waals surface area (Å²) in [5.41, 5.74) is -0.118. The highest BCUT2D eigenvalue weighted by Crippen LogP contribution is 2.05. The van der Waals surface area contributed by atoms with Gasteiger partial charge in [0.05, 0.1) is 5.56 Å². The van der Waals surface area contributed by atoms with Gasteiger partial charge in [-0.3, -0.25) is 14.7 Å². The van der Waals surface area contributed by atoms with Gasteiger partial charge in [0.1, 0.15) is 5.69 Å². The first-order chi connectivity index (χ1) is 9.68. The third kappa shape index (κ3) is 3.75. The summed E-state index contributed by atoms with van der Waals surface area (Å²) < 4.78 is 0. The molecule has 1 aromatic rings. The lowest BCUT2D eigenvalue weighted by Crippen LogP contribution is -2.46. The molecule has 7 nitrogen and oxygen atoms in total. The first-order valence-corrected chi connectivity index (χ1v) is 6.58. The lowest BCUT2D eigenvalue weighted by molar-refractivity contribution is 0.0690. The SMILES string of the molecule is O=C(O)c1cccnc1C(=O)NCCN1CCNCC1. The van der Waals surface area contributed by atoms with Crippen molar-refractivity contribution in [1.82, 2.24) is 20.5 Å². The van der Waals surface area contributed by atoms with Crippen LogP contribution in [-0.4, -0.2) is 66.1 Å². The topological polar surface area (TPSA) is 94.6 Å². The summed E-state index contributed by atoms with van der Waals surface area (Å²) in [4.78, 5) is 29.0. The van der Waals surface area contributed by atoms with Crippen LogP contribution >= 0.6 is 0 Å². The first kappa shape index (κ1) is 14.4. The number of pyridine rings is 1. The van der Waals surface area contributed by atoms with Gasteiger partial charge in [-0.05, 0) is 12.1 Å². The average Bonchev–Trinajstić information content (AvgIpc) is 2.48. The Balaban J connectivity index is 1.87. The highest BCUT2D eigenvalue weighted by atomic mass is 16.4. The number of aromatic carboxylic acids is 1. The van der Waals surface area contributed by atoms with Crippen LogP contribution in [0.25, 0.3) is 0 Å². The van der Waals surface area contributed by atoms with Crippen LogP contribution < -0.4 is 10.6 Å². The number of carboxylic acid groups (broad SMARTS) is 1. The van der Waals surface area contributed by atoms with Crippen molar-refractivity contribution in [2.75, 3.05) is 39.3 Å². The summed E-state index contributed by atoms with van der Waals surface area (Å²) in [6.45, 7) is 5.06. The quantitative estimate of drug-likeness (QED) is 0.667. The van der Waals surface area contributed by atoms with Crippen LogP contribution in [0.5, 0.6) is 0 Å². The molecule has 0 atom stereocenters. The zero-order valence-corrected chi connectivity index (χ0v) is 11.1. The number of nitrogens with zero attached hydrogens (tertiary/aromatic N) is 2. The maximum atomic E-state index is 11.9. The number of nitrogens with one attached hydrogen (secondary N) is 2. The molecule has 2 rings (SSSR count). The van der Waals surface area contributed by atoms with Crippen molar-refractivity contribution in [1.29, 1.82) is 0 Å². The molecule has 0 aliphatic carbocycles. The summed E-state index contributed by atoms with van der Waals surface area (Å²) in [6.07, 6.45) is 1.41. The van der Waals surface area contributed by atoms with E-state index in [-0.39, 0.29) is 11.3 Å². The molecular formula is C13H18N4O3. The monoisotopic (exact) mass is 278 g/mol. The maximum absolute atomic E-state index is 11.9. The molecule has 20 heavy (non-hydrogen) atoms. The van der Waals surface area contributed by atoms with Crippen molar-refractivity contribution in [3.63, 3.8) is 0 Å². The molecule has 0 radical (unpaired) electrons. The van der Waals surface area contributed by atoms with E-state index in [2.05, 4.69) is 20.5 Å². The largest absolute Gasteiger partial charge is 0.478 e. The normalized spacial score (nSPS) is 15.8. The van der Waals surface area contributed by atoms with Gasteiger partial charge in [-0.15, -0.1) is 0 Å². The van der Waals surface area contributed by atoms with Crippen LogP contribution in [0.1, 0.15) is 20.8 Å². The Morgan fingerprint density at radius 2 is 2.15 bits per heavy atom. The van der Waals surface area contributed by atoms with Gasteiger partial charge in [-0.1, -0.05) is 0 Å². The van der Waals surface area contributed by atoms with Crippen molar-refractivity contribution >= 4 is 11.9 Å². The molecule has 1 fully saturated rings. The molecule has 108 valence electrons. The van der Waals surface area contributed by atoms with Crippen LogP contribution in [0.2, 0.25) is 0 Å². The van der Waals surface area contributed by atoms with Gasteiger partial charge in [0.15, 0.2) is 0 Å². The minimum Gasteiger partial charge on any atom is -0.478 e. The second kappa shape index (κ2) is 6.97. The third-order valence-corrected chi connectivity index (χ3v) is 3.18. The predicted molar refractivity (Wildman–Crippen MR) is 72.8 cm³/mol. The molecule has 0 spiro atoms. The molecule has 0 aromatic carbocycles. The van der Waals surface area contributed by atoms with E-state index in [0.29, 0.717) is 6.54 Å². The Morgan fingerprint density at radius 3 is 2.85 bits per heavy atom. The van der Waals surface area contributed by atoms with Crippen LogP contribution in [0.15, 0.2) is 18.3 Å². The van der Waals surface area contributed by atoms with E-state index in [0.717, 1.165) is 32.7 Å². The summed E-state index contributed by atoms with van der Waals surface area (Å²) in [5, 5.41) is 15.0. The molecule has 1 aromatic heterocycles. The lowest BCUT2D eigenvalue weighted by Gasteiger charge is -2.27. The first-order valence-electron chi connectivity index (χ1n) is 6.58. The standard InChI is InChI=1S/C13H18N4O3/c18-12(11-10(13(19)20)2-1-3-15-11)16-6-9-17-7-4-14-5-8-17/h1-3,14H,4-9H2,(H,16,18)(H,19,20). The molecule has 2 heterocycles. The summed E-state index contributed by atoms with van der Waals surface area (Å²) >= 11 is 0. The highest BCUT2D eigenvalue weighted by Gasteiger charge is 2.17. The third-order valence-electron chi connectivity index (χ3n) is 3.18. The van der Waals surface area contributed by atoms with Gasteiger partial charge in [0.2, 0.25) is 0 Å². The maximum Gasteiger partial charge on any atom is 0.338 e. The van der Waals surface area contributed by atoms with E-state index < -0.39 is 11.9 Å². The molecule has 3 N–H and O–H groups in total. The van der Waals surface area contributed by atoms with Crippen LogP contribution in [0, 0.1) is 0 Å². The van der Waals surface area contributed by atoms with Gasteiger partial charge in [0.25, 0.3) is 5.91 Å². The number of rotatable bonds is 5. The Morgan fingerprint density at radius 1 is 1.40 bits per heavy atom. The number of carbonyl (C=O) groups is 2. The summed E-state index contributed by atoms with van der Waals surface area (Å²) in [6, 6.07) is 2.88. The molecule has 1 saturated heterocycles. The second-order valence-corrected chi connectivity index (χ2v) is 4.55. The fraction of sp³-hybridized carbons (Fsp3) is 0.462. The number of carboxylic acids is 1. The van der Waals surface area contributed by atoms with Gasteiger partial charge in [-0.25, -0.2) is 4.79 Å². The Kier molecular flexibility index (Phi) is 5.03. The molecule has 7 heteroatoms. The van der Waals surface area contributed by atoms with E-state index in [9.17, 15) is 9.59 Å². The minimum absolute atomic E-state index is 0.0414. The Hall–Kier alpha value is -1.99. The van der Waals surface area contributed by atoms with E-state index >= 15 is 0 Å². The zero-order valence-electron chi connectivity index (χ0n) is 11.1. The molecular weight excluding hydrogens is 260 g/mol. The number of aromatic nitrogens is 1. The van der Waals surface area contributed by atoms with Crippen molar-refractivity contribution in [3.8, 4) is 0 Å². The highest BCUT2D eigenvalue weighted by molar-refractivity contribution is 6.03. The van der Waals surface area contributed by atoms with Crippen LogP contribution in [0.3, 0.4) is 0 Å². The van der Waals surface area contributed by atoms with Crippen molar-refractivity contribution in [2.24, 2.45) is 0 Å². The van der Waals surface area contributed by atoms with E-state index in [1.807, 2.05) is 0 Å². The lowest BCUT2D eigenvalue weighted by atomic mass is 10.2. The van der Waals surface area contributed by atoms with E-state index in [4.69, 9.17) is 5.11 Å². The number of hydrogen-bond donors (Lipinski definition) is 3. The zero-order chi connectivity index (χ0) is 14.4. The molecule has 0 unspecified atom stereocenters. The summed E-state index contributed by atoms with van der Waals surface area (Å²) in [5.74, 6) is -1.59. The summed E-state index contributed by atoms with van der Waals surface area (Å²) in [7, 11) is 0. The number of hydrogen-bond acceptors (Lipinski definition) is 5. The van der Waals surface area contributed by atoms with Gasteiger partial charge >= 0.3 is 5.97 Å². The minimum atomic E-state index is -1.15. The van der Waals surface area contributed by atoms with Crippen LogP contribution in [0.4, 0.5) is 0 Å². The fourth-order valence-electron chi connectivity index (χ4n) is 2.10. The van der Waals surface area contributed by atoms with Crippen molar-refractivity contribution in [2.45, 2.75) is 0 Å². The molecule has 1 amide bonds. The molecule has 1 aliphatic rings. The number of amides is 1. The van der Waals surface area contributed by atoms with Crippen LogP contribution in [-0.2, 0) is 0 Å². The number of carbonyl (C=O) groups excluding carboxylic acids is 1. The molecule has 0 saturated carbocycles. The van der Waals surface area contributed by atoms with Gasteiger partial charge in [-0.2, -0.15) is 0 Å². The molecule has 1 aliphatic heterocycles. The van der Waals surface area contributed by atoms with Gasteiger partial charge in [0, 0.05) is 45.5 Å².